The molecular weight excluding hydrogens is 292 g/mol. The first-order valence-corrected chi connectivity index (χ1v) is 8.44. The first-order chi connectivity index (χ1) is 11.6. The van der Waals surface area contributed by atoms with Gasteiger partial charge in [0.2, 0.25) is 0 Å². The molecule has 0 heterocycles. The highest BCUT2D eigenvalue weighted by molar-refractivity contribution is 6.12. The molecule has 0 aromatic carbocycles. The van der Waals surface area contributed by atoms with Gasteiger partial charge >= 0.3 is 0 Å². The highest BCUT2D eigenvalue weighted by Gasteiger charge is 2.21. The van der Waals surface area contributed by atoms with Crippen LogP contribution >= 0.6 is 0 Å². The Hall–Kier alpha value is -2.41. The van der Waals surface area contributed by atoms with E-state index in [2.05, 4.69) is 26.2 Å². The number of hydrogen-bond acceptors (Lipinski definition) is 1. The second kappa shape index (κ2) is 10.4. The van der Waals surface area contributed by atoms with Crippen LogP contribution in [0.4, 0.5) is 0 Å². The average molecular weight is 320 g/mol. The first kappa shape index (κ1) is 19.6. The van der Waals surface area contributed by atoms with Gasteiger partial charge in [0.25, 0.3) is 0 Å². The van der Waals surface area contributed by atoms with Crippen LogP contribution < -0.4 is 0 Å². The molecule has 0 aliphatic heterocycles. The molecule has 0 saturated heterocycles. The summed E-state index contributed by atoms with van der Waals surface area (Å²) in [6.45, 7) is 13.5. The second-order valence-electron chi connectivity index (χ2n) is 5.79. The standard InChI is InChI=1S/C23H28O/c1-6-10-19(14-13-18(5)9-4)17-21-16-15-20(11-7-2)22(12-8-3)23(21)24/h6-14,17-18H,1,4,15-16H2,2-3,5H3/b11-7-,12-8-,14-13-,19-10+,21-17+. The van der Waals surface area contributed by atoms with E-state index < -0.39 is 0 Å². The Labute approximate surface area is 146 Å². The number of carbonyl (C=O) groups excluding carboxylic acids is 1. The Morgan fingerprint density at radius 3 is 2.42 bits per heavy atom. The molecule has 1 nitrogen and oxygen atoms in total. The summed E-state index contributed by atoms with van der Waals surface area (Å²) >= 11 is 0. The van der Waals surface area contributed by atoms with Crippen LogP contribution in [0.15, 0.2) is 96.2 Å². The summed E-state index contributed by atoms with van der Waals surface area (Å²) in [5.74, 6) is 0.408. The summed E-state index contributed by atoms with van der Waals surface area (Å²) in [5.41, 5.74) is 3.74. The highest BCUT2D eigenvalue weighted by Crippen LogP contribution is 2.29. The maximum atomic E-state index is 12.8. The number of carbonyl (C=O) groups is 1. The molecule has 1 aliphatic carbocycles. The Morgan fingerprint density at radius 1 is 1.12 bits per heavy atom. The zero-order chi connectivity index (χ0) is 17.9. The van der Waals surface area contributed by atoms with Gasteiger partial charge in [-0.25, -0.2) is 0 Å². The van der Waals surface area contributed by atoms with E-state index in [-0.39, 0.29) is 5.78 Å². The van der Waals surface area contributed by atoms with E-state index in [9.17, 15) is 4.79 Å². The van der Waals surface area contributed by atoms with E-state index >= 15 is 0 Å². The van der Waals surface area contributed by atoms with Crippen molar-refractivity contribution in [3.05, 3.63) is 96.2 Å². The van der Waals surface area contributed by atoms with Gasteiger partial charge in [-0.15, -0.1) is 6.58 Å². The molecule has 0 amide bonds. The molecule has 0 N–H and O–H groups in total. The predicted molar refractivity (Wildman–Crippen MR) is 106 cm³/mol. The fourth-order valence-corrected chi connectivity index (χ4v) is 2.53. The third-order valence-corrected chi connectivity index (χ3v) is 3.86. The van der Waals surface area contributed by atoms with E-state index in [0.717, 1.165) is 35.1 Å². The fourth-order valence-electron chi connectivity index (χ4n) is 2.53. The number of rotatable bonds is 7. The number of hydrogen-bond donors (Lipinski definition) is 0. The van der Waals surface area contributed by atoms with Gasteiger partial charge in [0.05, 0.1) is 0 Å². The van der Waals surface area contributed by atoms with E-state index in [1.54, 1.807) is 6.08 Å². The van der Waals surface area contributed by atoms with Crippen molar-refractivity contribution in [1.82, 2.24) is 0 Å². The smallest absolute Gasteiger partial charge is 0.189 e. The van der Waals surface area contributed by atoms with Crippen LogP contribution in [0.1, 0.15) is 33.6 Å². The van der Waals surface area contributed by atoms with Gasteiger partial charge < -0.3 is 0 Å². The van der Waals surface area contributed by atoms with Crippen LogP contribution in [0.2, 0.25) is 0 Å². The molecule has 24 heavy (non-hydrogen) atoms. The molecule has 1 aliphatic rings. The molecule has 1 unspecified atom stereocenters. The minimum atomic E-state index is 0.118. The van der Waals surface area contributed by atoms with Crippen LogP contribution in [0.3, 0.4) is 0 Å². The lowest BCUT2D eigenvalue weighted by Gasteiger charge is -2.18. The fraction of sp³-hybridized carbons (Fsp3) is 0.261. The zero-order valence-electron chi connectivity index (χ0n) is 15.1. The van der Waals surface area contributed by atoms with E-state index in [4.69, 9.17) is 0 Å². The topological polar surface area (TPSA) is 17.1 Å². The monoisotopic (exact) mass is 320 g/mol. The Balaban J connectivity index is 3.21. The number of allylic oxidation sites excluding steroid dienone is 14. The number of ketones is 1. The van der Waals surface area contributed by atoms with E-state index in [1.807, 2.05) is 62.5 Å². The van der Waals surface area contributed by atoms with Gasteiger partial charge in [-0.05, 0) is 49.8 Å². The van der Waals surface area contributed by atoms with Crippen LogP contribution in [-0.4, -0.2) is 5.78 Å². The summed E-state index contributed by atoms with van der Waals surface area (Å²) in [5, 5.41) is 0. The lowest BCUT2D eigenvalue weighted by molar-refractivity contribution is -0.112. The minimum Gasteiger partial charge on any atom is -0.289 e. The largest absolute Gasteiger partial charge is 0.289 e. The molecule has 1 rings (SSSR count). The van der Waals surface area contributed by atoms with E-state index in [1.165, 1.54) is 0 Å². The summed E-state index contributed by atoms with van der Waals surface area (Å²) in [6, 6.07) is 0. The molecule has 1 heteroatoms. The highest BCUT2D eigenvalue weighted by atomic mass is 16.1. The number of Topliss-reactive ketones (excluding diaryl/α,β-unsaturated/α-hetero) is 1. The second-order valence-corrected chi connectivity index (χ2v) is 5.79. The van der Waals surface area contributed by atoms with Gasteiger partial charge in [0.1, 0.15) is 0 Å². The summed E-state index contributed by atoms with van der Waals surface area (Å²) in [4.78, 5) is 12.8. The molecule has 0 radical (unpaired) electrons. The van der Waals surface area contributed by atoms with Crippen LogP contribution in [0.5, 0.6) is 0 Å². The summed E-state index contributed by atoms with van der Waals surface area (Å²) in [7, 11) is 0. The predicted octanol–water partition coefficient (Wildman–Crippen LogP) is 6.22. The first-order valence-electron chi connectivity index (χ1n) is 8.44. The lowest BCUT2D eigenvalue weighted by atomic mass is 9.85. The van der Waals surface area contributed by atoms with Crippen LogP contribution in [0.25, 0.3) is 0 Å². The van der Waals surface area contributed by atoms with Crippen molar-refractivity contribution in [2.75, 3.05) is 0 Å². The maximum absolute atomic E-state index is 12.8. The zero-order valence-corrected chi connectivity index (χ0v) is 15.1. The molecule has 126 valence electrons. The molecule has 0 spiro atoms. The minimum absolute atomic E-state index is 0.118. The van der Waals surface area contributed by atoms with Crippen LogP contribution in [0, 0.1) is 5.92 Å². The van der Waals surface area contributed by atoms with Crippen molar-refractivity contribution in [2.45, 2.75) is 33.6 Å². The van der Waals surface area contributed by atoms with Crippen molar-refractivity contribution in [3.8, 4) is 0 Å². The van der Waals surface area contributed by atoms with E-state index in [0.29, 0.717) is 5.92 Å². The van der Waals surface area contributed by atoms with Crippen molar-refractivity contribution in [3.63, 3.8) is 0 Å². The third-order valence-electron chi connectivity index (χ3n) is 3.86. The molecule has 0 saturated carbocycles. The Bertz CT molecular complexity index is 660. The van der Waals surface area contributed by atoms with Crippen molar-refractivity contribution >= 4 is 5.78 Å². The van der Waals surface area contributed by atoms with Crippen molar-refractivity contribution in [1.29, 1.82) is 0 Å². The van der Waals surface area contributed by atoms with Gasteiger partial charge in [-0.2, -0.15) is 0 Å². The van der Waals surface area contributed by atoms with Gasteiger partial charge in [0, 0.05) is 11.1 Å². The normalized spacial score (nSPS) is 19.9. The van der Waals surface area contributed by atoms with Crippen molar-refractivity contribution in [2.24, 2.45) is 5.92 Å². The Morgan fingerprint density at radius 2 is 1.83 bits per heavy atom. The quantitative estimate of drug-likeness (QED) is 0.309. The molecule has 0 fully saturated rings. The lowest BCUT2D eigenvalue weighted by Crippen LogP contribution is -2.13. The molecule has 0 aromatic rings. The van der Waals surface area contributed by atoms with Gasteiger partial charge in [-0.3, -0.25) is 4.79 Å². The van der Waals surface area contributed by atoms with Gasteiger partial charge in [0.15, 0.2) is 5.78 Å². The van der Waals surface area contributed by atoms with Crippen LogP contribution in [-0.2, 0) is 4.79 Å². The molecule has 1 atom stereocenters. The average Bonchev–Trinajstić information content (AvgIpc) is 2.58. The molecule has 0 aromatic heterocycles. The molecular formula is C23H28O. The van der Waals surface area contributed by atoms with Gasteiger partial charge in [-0.1, -0.05) is 68.2 Å². The van der Waals surface area contributed by atoms with Crippen molar-refractivity contribution < 1.29 is 4.79 Å². The maximum Gasteiger partial charge on any atom is 0.189 e. The summed E-state index contributed by atoms with van der Waals surface area (Å²) in [6.07, 6.45) is 21.1. The SMILES string of the molecule is C=C/C=C(\C=C/C(C)C=C)/C=C1\CCC(/C=C\C)=C(/C=C\C)C1=O. The Kier molecular flexibility index (Phi) is 8.49. The third kappa shape index (κ3) is 5.66. The summed E-state index contributed by atoms with van der Waals surface area (Å²) < 4.78 is 0. The molecule has 0 bridgehead atoms.